The van der Waals surface area contributed by atoms with E-state index >= 15 is 0 Å². The van der Waals surface area contributed by atoms with Gasteiger partial charge in [-0.2, -0.15) is 5.26 Å². The summed E-state index contributed by atoms with van der Waals surface area (Å²) in [6.45, 7) is 4.33. The molecule has 0 aromatic heterocycles. The summed E-state index contributed by atoms with van der Waals surface area (Å²) in [6, 6.07) is 17.8. The molecule has 0 radical (unpaired) electrons. The second-order valence-electron chi connectivity index (χ2n) is 7.17. The number of nitriles is 1. The maximum Gasteiger partial charge on any atom is 0.222 e. The number of aryl methyl sites for hydroxylation is 1. The number of hydrogen-bond donors (Lipinski definition) is 0. The lowest BCUT2D eigenvalue weighted by Crippen LogP contribution is -2.35. The van der Waals surface area contributed by atoms with E-state index in [4.69, 9.17) is 10.00 Å². The standard InChI is InChI=1S/C23H27N3O2/c1-28-22-10-7-19(8-11-22)9-12-23(27)26-14-2-13-25(15-16-26)18-21-5-3-20(17-24)4-6-21/h3-8,10-11H,2,9,12-16,18H2,1H3. The van der Waals surface area contributed by atoms with Crippen LogP contribution in [0, 0.1) is 11.3 Å². The van der Waals surface area contributed by atoms with Gasteiger partial charge in [-0.3, -0.25) is 9.69 Å². The van der Waals surface area contributed by atoms with E-state index in [2.05, 4.69) is 11.0 Å². The van der Waals surface area contributed by atoms with Crippen LogP contribution in [0.25, 0.3) is 0 Å². The highest BCUT2D eigenvalue weighted by Crippen LogP contribution is 2.14. The summed E-state index contributed by atoms with van der Waals surface area (Å²) in [5.74, 6) is 1.07. The third-order valence-electron chi connectivity index (χ3n) is 5.22. The zero-order valence-electron chi connectivity index (χ0n) is 16.4. The van der Waals surface area contributed by atoms with Gasteiger partial charge in [-0.1, -0.05) is 24.3 Å². The molecule has 0 spiro atoms. The molecule has 0 aliphatic carbocycles. The summed E-state index contributed by atoms with van der Waals surface area (Å²) in [7, 11) is 1.66. The predicted molar refractivity (Wildman–Crippen MR) is 109 cm³/mol. The molecule has 0 unspecified atom stereocenters. The average Bonchev–Trinajstić information content (AvgIpc) is 2.98. The van der Waals surface area contributed by atoms with Gasteiger partial charge in [0.2, 0.25) is 5.91 Å². The molecule has 2 aromatic carbocycles. The van der Waals surface area contributed by atoms with Crippen LogP contribution in [0.5, 0.6) is 5.75 Å². The van der Waals surface area contributed by atoms with Crippen LogP contribution in [-0.2, 0) is 17.8 Å². The normalized spacial score (nSPS) is 14.9. The van der Waals surface area contributed by atoms with E-state index in [-0.39, 0.29) is 5.91 Å². The number of methoxy groups -OCH3 is 1. The average molecular weight is 377 g/mol. The van der Waals surface area contributed by atoms with Gasteiger partial charge in [0, 0.05) is 39.1 Å². The number of carbonyl (C=O) groups excluding carboxylic acids is 1. The van der Waals surface area contributed by atoms with Crippen LogP contribution < -0.4 is 4.74 Å². The lowest BCUT2D eigenvalue weighted by Gasteiger charge is -2.22. The van der Waals surface area contributed by atoms with Crippen molar-refractivity contribution in [3.05, 3.63) is 65.2 Å². The van der Waals surface area contributed by atoms with Gasteiger partial charge in [0.25, 0.3) is 0 Å². The lowest BCUT2D eigenvalue weighted by molar-refractivity contribution is -0.131. The van der Waals surface area contributed by atoms with Crippen LogP contribution in [0.3, 0.4) is 0 Å². The molecule has 1 heterocycles. The zero-order valence-corrected chi connectivity index (χ0v) is 16.4. The lowest BCUT2D eigenvalue weighted by atomic mass is 10.1. The molecule has 28 heavy (non-hydrogen) atoms. The molecule has 146 valence electrons. The minimum Gasteiger partial charge on any atom is -0.497 e. The second kappa shape index (κ2) is 9.91. The maximum atomic E-state index is 12.6. The largest absolute Gasteiger partial charge is 0.497 e. The van der Waals surface area contributed by atoms with Crippen molar-refractivity contribution >= 4 is 5.91 Å². The van der Waals surface area contributed by atoms with Crippen LogP contribution in [-0.4, -0.2) is 49.0 Å². The molecule has 1 saturated heterocycles. The van der Waals surface area contributed by atoms with Crippen molar-refractivity contribution in [1.29, 1.82) is 5.26 Å². The Morgan fingerprint density at radius 3 is 2.39 bits per heavy atom. The molecule has 1 aliphatic rings. The van der Waals surface area contributed by atoms with E-state index in [0.29, 0.717) is 12.0 Å². The van der Waals surface area contributed by atoms with Gasteiger partial charge in [-0.15, -0.1) is 0 Å². The monoisotopic (exact) mass is 377 g/mol. The van der Waals surface area contributed by atoms with Gasteiger partial charge >= 0.3 is 0 Å². The van der Waals surface area contributed by atoms with Gasteiger partial charge in [0.15, 0.2) is 0 Å². The Labute approximate surface area is 167 Å². The van der Waals surface area contributed by atoms with Crippen molar-refractivity contribution < 1.29 is 9.53 Å². The highest BCUT2D eigenvalue weighted by Gasteiger charge is 2.19. The molecule has 0 saturated carbocycles. The van der Waals surface area contributed by atoms with Gasteiger partial charge < -0.3 is 9.64 Å². The van der Waals surface area contributed by atoms with Crippen LogP contribution >= 0.6 is 0 Å². The first kappa shape index (κ1) is 19.9. The Morgan fingerprint density at radius 1 is 1.00 bits per heavy atom. The quantitative estimate of drug-likeness (QED) is 0.776. The first-order valence-electron chi connectivity index (χ1n) is 9.80. The van der Waals surface area contributed by atoms with E-state index in [9.17, 15) is 4.79 Å². The fourth-order valence-electron chi connectivity index (χ4n) is 3.52. The Kier molecular flexibility index (Phi) is 7.05. The molecule has 2 aromatic rings. The number of nitrogens with zero attached hydrogens (tertiary/aromatic N) is 3. The zero-order chi connectivity index (χ0) is 19.8. The van der Waals surface area contributed by atoms with Gasteiger partial charge in [-0.25, -0.2) is 0 Å². The molecular formula is C23H27N3O2. The van der Waals surface area contributed by atoms with Crippen molar-refractivity contribution in [2.75, 3.05) is 33.3 Å². The van der Waals surface area contributed by atoms with Crippen molar-refractivity contribution in [3.63, 3.8) is 0 Å². The molecule has 1 amide bonds. The number of carbonyl (C=O) groups is 1. The van der Waals surface area contributed by atoms with Gasteiger partial charge in [0.1, 0.15) is 5.75 Å². The number of rotatable bonds is 6. The van der Waals surface area contributed by atoms with E-state index in [1.54, 1.807) is 7.11 Å². The SMILES string of the molecule is COc1ccc(CCC(=O)N2CCCN(Cc3ccc(C#N)cc3)CC2)cc1. The van der Waals surface area contributed by atoms with Crippen molar-refractivity contribution in [2.24, 2.45) is 0 Å². The van der Waals surface area contributed by atoms with Crippen LogP contribution in [0.15, 0.2) is 48.5 Å². The highest BCUT2D eigenvalue weighted by molar-refractivity contribution is 5.76. The van der Waals surface area contributed by atoms with Crippen molar-refractivity contribution in [2.45, 2.75) is 25.8 Å². The first-order chi connectivity index (χ1) is 13.7. The Balaban J connectivity index is 1.46. The highest BCUT2D eigenvalue weighted by atomic mass is 16.5. The predicted octanol–water partition coefficient (Wildman–Crippen LogP) is 3.23. The molecule has 0 bridgehead atoms. The number of benzene rings is 2. The molecule has 1 aliphatic heterocycles. The number of hydrogen-bond acceptors (Lipinski definition) is 4. The Bertz CT molecular complexity index is 809. The molecule has 5 nitrogen and oxygen atoms in total. The minimum absolute atomic E-state index is 0.232. The van der Waals surface area contributed by atoms with E-state index in [1.807, 2.05) is 53.4 Å². The fourth-order valence-corrected chi connectivity index (χ4v) is 3.52. The van der Waals surface area contributed by atoms with E-state index in [1.165, 1.54) is 5.56 Å². The van der Waals surface area contributed by atoms with Crippen molar-refractivity contribution in [3.8, 4) is 11.8 Å². The first-order valence-corrected chi connectivity index (χ1v) is 9.80. The van der Waals surface area contributed by atoms with Gasteiger partial charge in [-0.05, 0) is 48.2 Å². The molecule has 0 atom stereocenters. The van der Waals surface area contributed by atoms with Crippen molar-refractivity contribution in [1.82, 2.24) is 9.80 Å². The maximum absolute atomic E-state index is 12.6. The molecule has 0 N–H and O–H groups in total. The van der Waals surface area contributed by atoms with Crippen LogP contribution in [0.4, 0.5) is 0 Å². The summed E-state index contributed by atoms with van der Waals surface area (Å²) < 4.78 is 5.17. The molecular weight excluding hydrogens is 350 g/mol. The number of ether oxygens (including phenoxy) is 1. The van der Waals surface area contributed by atoms with Crippen LogP contribution in [0.2, 0.25) is 0 Å². The van der Waals surface area contributed by atoms with E-state index < -0.39 is 0 Å². The van der Waals surface area contributed by atoms with E-state index in [0.717, 1.165) is 56.9 Å². The summed E-state index contributed by atoms with van der Waals surface area (Å²) in [6.07, 6.45) is 2.29. The fraction of sp³-hybridized carbons (Fsp3) is 0.391. The second-order valence-corrected chi connectivity index (χ2v) is 7.17. The van der Waals surface area contributed by atoms with Gasteiger partial charge in [0.05, 0.1) is 18.7 Å². The third kappa shape index (κ3) is 5.58. The minimum atomic E-state index is 0.232. The molecule has 1 fully saturated rings. The summed E-state index contributed by atoms with van der Waals surface area (Å²) in [5, 5.41) is 8.90. The summed E-state index contributed by atoms with van der Waals surface area (Å²) >= 11 is 0. The third-order valence-corrected chi connectivity index (χ3v) is 5.22. The molecule has 3 rings (SSSR count). The summed E-state index contributed by atoms with van der Waals surface area (Å²) in [5.41, 5.74) is 3.05. The summed E-state index contributed by atoms with van der Waals surface area (Å²) in [4.78, 5) is 17.0. The Hall–Kier alpha value is -2.84. The Morgan fingerprint density at radius 2 is 1.71 bits per heavy atom. The topological polar surface area (TPSA) is 56.6 Å². The van der Waals surface area contributed by atoms with Crippen LogP contribution in [0.1, 0.15) is 29.5 Å². The number of amides is 1. The molecule has 5 heteroatoms. The smallest absolute Gasteiger partial charge is 0.222 e.